The number of benzene rings is 1. The Morgan fingerprint density at radius 1 is 1.71 bits per heavy atom. The highest BCUT2D eigenvalue weighted by Gasteiger charge is 2.18. The molecule has 0 atom stereocenters. The molecule has 3 heteroatoms. The largest absolute Gasteiger partial charge is 0.492 e. The Kier molecular flexibility index (Phi) is 2.96. The third kappa shape index (κ3) is 2.26. The topological polar surface area (TPSA) is 35.5 Å². The van der Waals surface area contributed by atoms with Crippen LogP contribution in [0.25, 0.3) is 0 Å². The van der Waals surface area contributed by atoms with Gasteiger partial charge in [0.05, 0.1) is 24.3 Å². The second-order valence-corrected chi connectivity index (χ2v) is 3.81. The summed E-state index contributed by atoms with van der Waals surface area (Å²) in [5.41, 5.74) is 2.02. The zero-order valence-electron chi connectivity index (χ0n) is 10.7. The summed E-state index contributed by atoms with van der Waals surface area (Å²) in [5.74, 6) is 3.00. The molecular formula is C14H14O3. The third-order valence-electron chi connectivity index (χ3n) is 2.65. The first-order valence-electron chi connectivity index (χ1n) is 6.16. The number of terminal acetylenes is 1. The molecule has 1 heterocycles. The smallest absolute Gasteiger partial charge is 0.338 e. The highest BCUT2D eigenvalue weighted by Crippen LogP contribution is 2.30. The predicted octanol–water partition coefficient (Wildman–Crippen LogP) is 2.17. The lowest BCUT2D eigenvalue weighted by molar-refractivity contribution is 0.0526. The van der Waals surface area contributed by atoms with Crippen LogP contribution in [0.3, 0.4) is 0 Å². The lowest BCUT2D eigenvalue weighted by Gasteiger charge is -2.19. The number of carbonyl (C=O) groups is 1. The van der Waals surface area contributed by atoms with Crippen molar-refractivity contribution in [2.45, 2.75) is 19.8 Å². The second-order valence-electron chi connectivity index (χ2n) is 3.81. The fourth-order valence-electron chi connectivity index (χ4n) is 1.91. The molecule has 1 aromatic rings. The predicted molar refractivity (Wildman–Crippen MR) is 64.1 cm³/mol. The van der Waals surface area contributed by atoms with E-state index in [1.807, 2.05) is 0 Å². The van der Waals surface area contributed by atoms with Crippen LogP contribution in [0.5, 0.6) is 5.75 Å². The van der Waals surface area contributed by atoms with Gasteiger partial charge in [-0.25, -0.2) is 4.79 Å². The summed E-state index contributed by atoms with van der Waals surface area (Å²) in [6.45, 7) is 2.76. The molecule has 0 radical (unpaired) electrons. The van der Waals surface area contributed by atoms with Gasteiger partial charge in [-0.2, -0.15) is 0 Å². The molecule has 0 N–H and O–H groups in total. The van der Waals surface area contributed by atoms with Crippen molar-refractivity contribution >= 4 is 5.97 Å². The van der Waals surface area contributed by atoms with Crippen LogP contribution in [0.1, 0.15) is 36.2 Å². The summed E-state index contributed by atoms with van der Waals surface area (Å²) < 4.78 is 17.5. The number of fused-ring (bicyclic) bond motifs is 1. The van der Waals surface area contributed by atoms with E-state index >= 15 is 0 Å². The number of rotatable bonds is 2. The number of carbonyl (C=O) groups excluding carboxylic acids is 1. The Balaban J connectivity index is 2.46. The molecule has 0 aliphatic carbocycles. The highest BCUT2D eigenvalue weighted by molar-refractivity contribution is 5.90. The molecule has 0 saturated carbocycles. The molecule has 2 rings (SSSR count). The summed E-state index contributed by atoms with van der Waals surface area (Å²) in [7, 11) is 0. The van der Waals surface area contributed by atoms with Gasteiger partial charge in [-0.15, -0.1) is 6.40 Å². The van der Waals surface area contributed by atoms with Crippen LogP contribution >= 0.6 is 0 Å². The van der Waals surface area contributed by atoms with Gasteiger partial charge in [-0.3, -0.25) is 0 Å². The normalized spacial score (nSPS) is 13.6. The summed E-state index contributed by atoms with van der Waals surface area (Å²) in [5, 5.41) is 0. The van der Waals surface area contributed by atoms with Crippen LogP contribution in [-0.2, 0) is 11.2 Å². The first-order chi connectivity index (χ1) is 8.76. The minimum Gasteiger partial charge on any atom is -0.492 e. The molecule has 1 aromatic carbocycles. The van der Waals surface area contributed by atoms with Crippen molar-refractivity contribution in [3.05, 3.63) is 28.8 Å². The Bertz CT molecular complexity index is 526. The van der Waals surface area contributed by atoms with E-state index < -0.39 is 0 Å². The summed E-state index contributed by atoms with van der Waals surface area (Å²) in [4.78, 5) is 11.7. The quantitative estimate of drug-likeness (QED) is 0.579. The van der Waals surface area contributed by atoms with Crippen molar-refractivity contribution in [2.75, 3.05) is 13.2 Å². The van der Waals surface area contributed by atoms with Crippen molar-refractivity contribution in [3.8, 4) is 18.1 Å². The molecule has 3 nitrogen and oxygen atoms in total. The number of ether oxygens (including phenoxy) is 2. The van der Waals surface area contributed by atoms with Gasteiger partial charge in [0.1, 0.15) is 7.12 Å². The number of hydrogen-bond acceptors (Lipinski definition) is 3. The van der Waals surface area contributed by atoms with Gasteiger partial charge >= 0.3 is 5.97 Å². The fourth-order valence-corrected chi connectivity index (χ4v) is 1.91. The first kappa shape index (κ1) is 10.2. The van der Waals surface area contributed by atoms with Gasteiger partial charge in [0, 0.05) is 0 Å². The van der Waals surface area contributed by atoms with E-state index in [0.717, 1.165) is 18.4 Å². The molecule has 0 amide bonds. The number of aryl methyl sites for hydroxylation is 1. The Hall–Kier alpha value is -1.95. The Labute approximate surface area is 102 Å². The maximum atomic E-state index is 11.7. The van der Waals surface area contributed by atoms with E-state index in [1.165, 1.54) is 0 Å². The van der Waals surface area contributed by atoms with Crippen LogP contribution in [-0.4, -0.2) is 19.2 Å². The molecule has 1 aliphatic rings. The minimum absolute atomic E-state index is 0.339. The van der Waals surface area contributed by atoms with E-state index in [2.05, 4.69) is 12.3 Å². The monoisotopic (exact) mass is 232 g/mol. The van der Waals surface area contributed by atoms with Crippen LogP contribution in [0.4, 0.5) is 0 Å². The lowest BCUT2D eigenvalue weighted by Crippen LogP contribution is -2.12. The van der Waals surface area contributed by atoms with E-state index in [4.69, 9.17) is 10.8 Å². The average molecular weight is 232 g/mol. The van der Waals surface area contributed by atoms with Crippen LogP contribution in [0, 0.1) is 12.3 Å². The van der Waals surface area contributed by atoms with Crippen LogP contribution < -0.4 is 4.74 Å². The SMILES string of the molecule is [3H]C#Cc1cc(C(=O)OCC)cc2c1OCCC2. The van der Waals surface area contributed by atoms with Crippen LogP contribution in [0.15, 0.2) is 12.1 Å². The van der Waals surface area contributed by atoms with Crippen molar-refractivity contribution < 1.29 is 15.6 Å². The Morgan fingerprint density at radius 2 is 2.59 bits per heavy atom. The van der Waals surface area contributed by atoms with Gasteiger partial charge in [0.2, 0.25) is 0 Å². The van der Waals surface area contributed by atoms with Gasteiger partial charge in [0.25, 0.3) is 0 Å². The molecule has 0 spiro atoms. The van der Waals surface area contributed by atoms with E-state index in [1.54, 1.807) is 19.1 Å². The molecule has 0 unspecified atom stereocenters. The summed E-state index contributed by atoms with van der Waals surface area (Å²) >= 11 is 0. The van der Waals surface area contributed by atoms with Crippen molar-refractivity contribution in [3.63, 3.8) is 0 Å². The molecular weight excluding hydrogens is 216 g/mol. The van der Waals surface area contributed by atoms with E-state index in [0.29, 0.717) is 30.1 Å². The zero-order valence-corrected chi connectivity index (χ0v) is 9.71. The molecule has 17 heavy (non-hydrogen) atoms. The molecule has 0 saturated heterocycles. The fraction of sp³-hybridized carbons (Fsp3) is 0.357. The van der Waals surface area contributed by atoms with Crippen LogP contribution in [0.2, 0.25) is 0 Å². The highest BCUT2D eigenvalue weighted by atomic mass is 16.5. The van der Waals surface area contributed by atoms with Gasteiger partial charge in [0.15, 0.2) is 0 Å². The number of hydrogen-bond donors (Lipinski definition) is 0. The molecule has 0 aromatic heterocycles. The number of esters is 1. The van der Waals surface area contributed by atoms with E-state index in [-0.39, 0.29) is 5.97 Å². The van der Waals surface area contributed by atoms with Gasteiger partial charge < -0.3 is 9.47 Å². The maximum Gasteiger partial charge on any atom is 0.338 e. The molecule has 0 fully saturated rings. The van der Waals surface area contributed by atoms with Gasteiger partial charge in [-0.1, -0.05) is 5.92 Å². The van der Waals surface area contributed by atoms with E-state index in [9.17, 15) is 4.79 Å². The second kappa shape index (κ2) is 4.92. The maximum absolute atomic E-state index is 11.7. The first-order valence-corrected chi connectivity index (χ1v) is 5.66. The van der Waals surface area contributed by atoms with Crippen molar-refractivity contribution in [2.24, 2.45) is 0 Å². The summed E-state index contributed by atoms with van der Waals surface area (Å²) in [6.07, 6.45) is 3.88. The summed E-state index contributed by atoms with van der Waals surface area (Å²) in [6, 6.07) is 3.42. The standard InChI is InChI=1S/C14H14O3/c1-3-10-8-12(14(15)16-4-2)9-11-6-5-7-17-13(10)11/h1,8-9H,4-7H2,2H3/i1T. The molecule has 88 valence electrons. The average Bonchev–Trinajstić information content (AvgIpc) is 2.39. The molecule has 1 aliphatic heterocycles. The third-order valence-corrected chi connectivity index (χ3v) is 2.65. The van der Waals surface area contributed by atoms with Crippen molar-refractivity contribution in [1.82, 2.24) is 0 Å². The lowest BCUT2D eigenvalue weighted by atomic mass is 9.99. The zero-order chi connectivity index (χ0) is 13.0. The van der Waals surface area contributed by atoms with Gasteiger partial charge in [-0.05, 0) is 37.5 Å². The van der Waals surface area contributed by atoms with Crippen molar-refractivity contribution in [1.29, 1.82) is 0 Å². The Morgan fingerprint density at radius 3 is 3.35 bits per heavy atom. The minimum atomic E-state index is -0.362. The molecule has 0 bridgehead atoms.